The number of nitrogens with one attached hydrogen (secondary N) is 1. The molecule has 1 aliphatic heterocycles. The number of benzene rings is 1. The van der Waals surface area contributed by atoms with Gasteiger partial charge in [-0.1, -0.05) is 5.16 Å². The number of aromatic nitrogens is 1. The van der Waals surface area contributed by atoms with E-state index in [4.69, 9.17) is 4.52 Å². The molecule has 0 radical (unpaired) electrons. The highest BCUT2D eigenvalue weighted by molar-refractivity contribution is 7.89. The maximum absolute atomic E-state index is 12.7. The van der Waals surface area contributed by atoms with Gasteiger partial charge in [-0.3, -0.25) is 4.79 Å². The van der Waals surface area contributed by atoms with E-state index >= 15 is 0 Å². The summed E-state index contributed by atoms with van der Waals surface area (Å²) in [6.45, 7) is 5.95. The third-order valence-corrected chi connectivity index (χ3v) is 6.67. The largest absolute Gasteiger partial charge is 0.361 e. The second-order valence-corrected chi connectivity index (χ2v) is 8.70. The average Bonchev–Trinajstić information content (AvgIpc) is 2.94. The molecule has 1 fully saturated rings. The van der Waals surface area contributed by atoms with Gasteiger partial charge in [0.25, 0.3) is 0 Å². The van der Waals surface area contributed by atoms with Gasteiger partial charge in [-0.05, 0) is 45.2 Å². The molecule has 146 valence electrons. The molecule has 3 rings (SSSR count). The van der Waals surface area contributed by atoms with Crippen LogP contribution >= 0.6 is 0 Å². The lowest BCUT2D eigenvalue weighted by Crippen LogP contribution is -2.46. The van der Waals surface area contributed by atoms with Gasteiger partial charge in [0, 0.05) is 37.4 Å². The number of amides is 1. The summed E-state index contributed by atoms with van der Waals surface area (Å²) in [5, 5.41) is 6.61. The second-order valence-electron chi connectivity index (χ2n) is 6.76. The number of anilines is 1. The molecule has 8 nitrogen and oxygen atoms in total. The van der Waals surface area contributed by atoms with E-state index in [0.29, 0.717) is 30.2 Å². The maximum Gasteiger partial charge on any atom is 0.243 e. The van der Waals surface area contributed by atoms with Crippen LogP contribution in [0.25, 0.3) is 0 Å². The van der Waals surface area contributed by atoms with Gasteiger partial charge in [0.2, 0.25) is 15.9 Å². The van der Waals surface area contributed by atoms with E-state index in [-0.39, 0.29) is 17.2 Å². The smallest absolute Gasteiger partial charge is 0.243 e. The summed E-state index contributed by atoms with van der Waals surface area (Å²) in [6.07, 6.45) is 0.155. The quantitative estimate of drug-likeness (QED) is 0.827. The fourth-order valence-corrected chi connectivity index (χ4v) is 4.43. The van der Waals surface area contributed by atoms with E-state index in [9.17, 15) is 13.2 Å². The standard InChI is InChI=1S/C18H24N4O4S/c1-13-17(14(2)26-20-13)12-18(23)19-15-4-6-16(7-5-15)27(24,25)22-10-8-21(3)9-11-22/h4-7H,8-12H2,1-3H3,(H,19,23). The monoisotopic (exact) mass is 392 g/mol. The summed E-state index contributed by atoms with van der Waals surface area (Å²) >= 11 is 0. The molecule has 1 N–H and O–H groups in total. The molecular formula is C18H24N4O4S. The number of nitrogens with zero attached hydrogens (tertiary/aromatic N) is 3. The van der Waals surface area contributed by atoms with E-state index in [1.165, 1.54) is 16.4 Å². The van der Waals surface area contributed by atoms with Crippen LogP contribution in [0.5, 0.6) is 0 Å². The molecule has 0 unspecified atom stereocenters. The number of carbonyl (C=O) groups is 1. The number of piperazine rings is 1. The first-order valence-corrected chi connectivity index (χ1v) is 10.2. The number of rotatable bonds is 5. The highest BCUT2D eigenvalue weighted by Crippen LogP contribution is 2.20. The Morgan fingerprint density at radius 1 is 1.15 bits per heavy atom. The fraction of sp³-hybridized carbons (Fsp3) is 0.444. The third-order valence-electron chi connectivity index (χ3n) is 4.76. The highest BCUT2D eigenvalue weighted by atomic mass is 32.2. The minimum atomic E-state index is -3.51. The van der Waals surface area contributed by atoms with Gasteiger partial charge in [0.15, 0.2) is 0 Å². The molecule has 27 heavy (non-hydrogen) atoms. The van der Waals surface area contributed by atoms with E-state index in [1.54, 1.807) is 26.0 Å². The van der Waals surface area contributed by atoms with Crippen molar-refractivity contribution in [1.82, 2.24) is 14.4 Å². The minimum absolute atomic E-state index is 0.155. The summed E-state index contributed by atoms with van der Waals surface area (Å²) < 4.78 is 32.0. The Balaban J connectivity index is 1.65. The molecule has 1 aromatic carbocycles. The molecule has 0 bridgehead atoms. The molecule has 1 aliphatic rings. The summed E-state index contributed by atoms with van der Waals surface area (Å²) in [6, 6.07) is 6.26. The first-order valence-electron chi connectivity index (χ1n) is 8.78. The van der Waals surface area contributed by atoms with Crippen molar-refractivity contribution in [3.63, 3.8) is 0 Å². The number of hydrogen-bond acceptors (Lipinski definition) is 6. The first-order chi connectivity index (χ1) is 12.8. The summed E-state index contributed by atoms with van der Waals surface area (Å²) in [4.78, 5) is 14.6. The molecule has 0 atom stereocenters. The van der Waals surface area contributed by atoms with Crippen LogP contribution in [0.15, 0.2) is 33.7 Å². The SMILES string of the molecule is Cc1noc(C)c1CC(=O)Nc1ccc(S(=O)(=O)N2CCN(C)CC2)cc1. The molecule has 0 aliphatic carbocycles. The Bertz CT molecular complexity index is 894. The van der Waals surface area contributed by atoms with Gasteiger partial charge in [-0.15, -0.1) is 0 Å². The zero-order valence-electron chi connectivity index (χ0n) is 15.7. The van der Waals surface area contributed by atoms with Gasteiger partial charge >= 0.3 is 0 Å². The third kappa shape index (κ3) is 4.37. The lowest BCUT2D eigenvalue weighted by Gasteiger charge is -2.31. The molecule has 2 aromatic rings. The molecule has 0 spiro atoms. The normalized spacial score (nSPS) is 16.4. The Labute approximate surface area is 159 Å². The number of carbonyl (C=O) groups excluding carboxylic acids is 1. The summed E-state index contributed by atoms with van der Waals surface area (Å²) in [5.41, 5.74) is 2.00. The lowest BCUT2D eigenvalue weighted by atomic mass is 10.1. The van der Waals surface area contributed by atoms with Crippen molar-refractivity contribution >= 4 is 21.6 Å². The summed E-state index contributed by atoms with van der Waals surface area (Å²) in [5.74, 6) is 0.412. The van der Waals surface area contributed by atoms with Gasteiger partial charge in [0.1, 0.15) is 5.76 Å². The van der Waals surface area contributed by atoms with Crippen molar-refractivity contribution in [3.8, 4) is 0 Å². The summed E-state index contributed by atoms with van der Waals surface area (Å²) in [7, 11) is -1.53. The van der Waals surface area contributed by atoms with Gasteiger partial charge in [-0.25, -0.2) is 8.42 Å². The van der Waals surface area contributed by atoms with E-state index in [1.807, 2.05) is 7.05 Å². The Hall–Kier alpha value is -2.23. The predicted octanol–water partition coefficient (Wildman–Crippen LogP) is 1.41. The highest BCUT2D eigenvalue weighted by Gasteiger charge is 2.27. The van der Waals surface area contributed by atoms with Crippen LogP contribution in [0.2, 0.25) is 0 Å². The van der Waals surface area contributed by atoms with Gasteiger partial charge in [0.05, 0.1) is 17.0 Å². The molecule has 2 heterocycles. The van der Waals surface area contributed by atoms with Crippen molar-refractivity contribution in [2.45, 2.75) is 25.2 Å². The van der Waals surface area contributed by atoms with E-state index < -0.39 is 10.0 Å². The number of aryl methyl sites for hydroxylation is 2. The fourth-order valence-electron chi connectivity index (χ4n) is 3.01. The molecule has 1 amide bonds. The van der Waals surface area contributed by atoms with Crippen LogP contribution in [0.3, 0.4) is 0 Å². The average molecular weight is 392 g/mol. The minimum Gasteiger partial charge on any atom is -0.361 e. The lowest BCUT2D eigenvalue weighted by molar-refractivity contribution is -0.115. The topological polar surface area (TPSA) is 95.8 Å². The maximum atomic E-state index is 12.7. The zero-order valence-corrected chi connectivity index (χ0v) is 16.5. The molecule has 1 aromatic heterocycles. The number of sulfonamides is 1. The van der Waals surface area contributed by atoms with Crippen LogP contribution < -0.4 is 5.32 Å². The molecule has 9 heteroatoms. The predicted molar refractivity (Wildman–Crippen MR) is 101 cm³/mol. The van der Waals surface area contributed by atoms with Crippen LogP contribution in [-0.4, -0.2) is 61.9 Å². The van der Waals surface area contributed by atoms with Gasteiger partial charge in [-0.2, -0.15) is 4.31 Å². The van der Waals surface area contributed by atoms with Gasteiger partial charge < -0.3 is 14.7 Å². The number of likely N-dealkylation sites (N-methyl/N-ethyl adjacent to an activating group) is 1. The van der Waals surface area contributed by atoms with Crippen molar-refractivity contribution in [3.05, 3.63) is 41.3 Å². The first kappa shape index (κ1) is 19.5. The Morgan fingerprint density at radius 2 is 1.78 bits per heavy atom. The van der Waals surface area contributed by atoms with E-state index in [2.05, 4.69) is 15.4 Å². The van der Waals surface area contributed by atoms with E-state index in [0.717, 1.165) is 18.7 Å². The Kier molecular flexibility index (Phi) is 5.64. The van der Waals surface area contributed by atoms with Crippen LogP contribution in [0, 0.1) is 13.8 Å². The van der Waals surface area contributed by atoms with Crippen LogP contribution in [0.1, 0.15) is 17.0 Å². The second kappa shape index (κ2) is 7.79. The van der Waals surface area contributed by atoms with Crippen molar-refractivity contribution in [2.24, 2.45) is 0 Å². The van der Waals surface area contributed by atoms with Crippen molar-refractivity contribution < 1.29 is 17.7 Å². The zero-order chi connectivity index (χ0) is 19.6. The molecule has 0 saturated carbocycles. The number of hydrogen-bond donors (Lipinski definition) is 1. The van der Waals surface area contributed by atoms with Crippen LogP contribution in [0.4, 0.5) is 5.69 Å². The van der Waals surface area contributed by atoms with Crippen molar-refractivity contribution in [2.75, 3.05) is 38.5 Å². The Morgan fingerprint density at radius 3 is 2.33 bits per heavy atom. The molecular weight excluding hydrogens is 368 g/mol. The van der Waals surface area contributed by atoms with Crippen molar-refractivity contribution in [1.29, 1.82) is 0 Å². The molecule has 1 saturated heterocycles. The van der Waals surface area contributed by atoms with Crippen LogP contribution in [-0.2, 0) is 21.2 Å².